The van der Waals surface area contributed by atoms with Gasteiger partial charge in [-0.2, -0.15) is 0 Å². The van der Waals surface area contributed by atoms with Crippen molar-refractivity contribution >= 4 is 17.7 Å². The number of amides is 1. The first kappa shape index (κ1) is 11.5. The molecule has 17 heavy (non-hydrogen) atoms. The summed E-state index contributed by atoms with van der Waals surface area (Å²) >= 11 is 1.10. The number of nitrogens with zero attached hydrogens (tertiary/aromatic N) is 4. The van der Waals surface area contributed by atoms with Gasteiger partial charge in [0.25, 0.3) is 11.1 Å². The van der Waals surface area contributed by atoms with E-state index in [-0.39, 0.29) is 11.1 Å². The minimum absolute atomic E-state index is 0.261. The second-order valence-electron chi connectivity index (χ2n) is 3.13. The molecule has 0 aromatic carbocycles. The molecule has 8 heteroatoms. The number of nitrogens with two attached hydrogens (primary N) is 1. The van der Waals surface area contributed by atoms with Gasteiger partial charge in [0.2, 0.25) is 5.91 Å². The topological polar surface area (TPSA) is 108 Å². The molecule has 0 aliphatic rings. The first-order valence-electron chi connectivity index (χ1n) is 4.72. The van der Waals surface area contributed by atoms with Gasteiger partial charge in [0.15, 0.2) is 0 Å². The number of rotatable bonds is 4. The minimum Gasteiger partial charge on any atom is -0.410 e. The third-order valence-corrected chi connectivity index (χ3v) is 2.82. The van der Waals surface area contributed by atoms with Crippen molar-refractivity contribution in [1.29, 1.82) is 0 Å². The Morgan fingerprint density at radius 3 is 2.94 bits per heavy atom. The van der Waals surface area contributed by atoms with E-state index in [4.69, 9.17) is 10.2 Å². The highest BCUT2D eigenvalue weighted by Gasteiger charge is 2.16. The standard InChI is InChI=1S/C9H9N5O2S/c1-5(7(10)15)17-9-14-13-8(16-9)6-4-11-2-3-12-6/h2-5H,1H3,(H2,10,15)/t5-/m1/s1. The molecule has 0 aliphatic carbocycles. The van der Waals surface area contributed by atoms with Crippen LogP contribution in [-0.2, 0) is 4.79 Å². The quantitative estimate of drug-likeness (QED) is 0.788. The molecule has 7 nitrogen and oxygen atoms in total. The summed E-state index contributed by atoms with van der Waals surface area (Å²) in [6.45, 7) is 1.67. The summed E-state index contributed by atoms with van der Waals surface area (Å²) in [7, 11) is 0. The van der Waals surface area contributed by atoms with E-state index in [0.29, 0.717) is 5.69 Å². The lowest BCUT2D eigenvalue weighted by molar-refractivity contribution is -0.117. The molecule has 0 radical (unpaired) electrons. The van der Waals surface area contributed by atoms with Gasteiger partial charge in [0.1, 0.15) is 5.69 Å². The number of thioether (sulfide) groups is 1. The molecule has 0 saturated carbocycles. The number of primary amides is 1. The highest BCUT2D eigenvalue weighted by atomic mass is 32.2. The zero-order chi connectivity index (χ0) is 12.3. The van der Waals surface area contributed by atoms with Gasteiger partial charge in [-0.15, -0.1) is 10.2 Å². The fraction of sp³-hybridized carbons (Fsp3) is 0.222. The number of hydrogen-bond acceptors (Lipinski definition) is 7. The van der Waals surface area contributed by atoms with E-state index in [0.717, 1.165) is 11.8 Å². The monoisotopic (exact) mass is 251 g/mol. The zero-order valence-corrected chi connectivity index (χ0v) is 9.72. The van der Waals surface area contributed by atoms with Crippen LogP contribution in [0.1, 0.15) is 6.92 Å². The van der Waals surface area contributed by atoms with E-state index >= 15 is 0 Å². The molecule has 0 fully saturated rings. The van der Waals surface area contributed by atoms with Crippen LogP contribution in [0.2, 0.25) is 0 Å². The predicted molar refractivity (Wildman–Crippen MR) is 59.8 cm³/mol. The van der Waals surface area contributed by atoms with Crippen LogP contribution in [0.15, 0.2) is 28.2 Å². The van der Waals surface area contributed by atoms with Crippen LogP contribution in [0.5, 0.6) is 0 Å². The highest BCUT2D eigenvalue weighted by Crippen LogP contribution is 2.24. The van der Waals surface area contributed by atoms with Gasteiger partial charge in [-0.05, 0) is 6.92 Å². The molecule has 0 saturated heterocycles. The van der Waals surface area contributed by atoms with Crippen LogP contribution >= 0.6 is 11.8 Å². The van der Waals surface area contributed by atoms with Gasteiger partial charge in [-0.25, -0.2) is 4.98 Å². The van der Waals surface area contributed by atoms with Gasteiger partial charge in [-0.3, -0.25) is 9.78 Å². The molecule has 2 aromatic heterocycles. The molecule has 1 atom stereocenters. The Morgan fingerprint density at radius 1 is 1.47 bits per heavy atom. The second kappa shape index (κ2) is 4.91. The summed E-state index contributed by atoms with van der Waals surface area (Å²) in [6, 6.07) is 0. The maximum absolute atomic E-state index is 10.9. The fourth-order valence-electron chi connectivity index (χ4n) is 0.980. The summed E-state index contributed by atoms with van der Waals surface area (Å²) in [5.74, 6) is -0.175. The average Bonchev–Trinajstić information content (AvgIpc) is 2.78. The lowest BCUT2D eigenvalue weighted by Gasteiger charge is -2.00. The minimum atomic E-state index is -0.436. The first-order valence-corrected chi connectivity index (χ1v) is 5.60. The Hall–Kier alpha value is -1.96. The Labute approximate surface area is 101 Å². The molecule has 0 bridgehead atoms. The van der Waals surface area contributed by atoms with Crippen molar-refractivity contribution in [3.8, 4) is 11.6 Å². The van der Waals surface area contributed by atoms with Gasteiger partial charge < -0.3 is 10.2 Å². The molecule has 0 unspecified atom stereocenters. The van der Waals surface area contributed by atoms with Gasteiger partial charge in [0, 0.05) is 12.4 Å². The Balaban J connectivity index is 2.14. The van der Waals surface area contributed by atoms with Crippen LogP contribution in [0, 0.1) is 0 Å². The molecule has 2 rings (SSSR count). The van der Waals surface area contributed by atoms with Crippen molar-refractivity contribution in [3.05, 3.63) is 18.6 Å². The summed E-state index contributed by atoms with van der Waals surface area (Å²) in [5.41, 5.74) is 5.61. The normalized spacial score (nSPS) is 12.3. The number of hydrogen-bond donors (Lipinski definition) is 1. The molecule has 88 valence electrons. The van der Waals surface area contributed by atoms with Crippen molar-refractivity contribution in [2.75, 3.05) is 0 Å². The number of carbonyl (C=O) groups excluding carboxylic acids is 1. The number of aromatic nitrogens is 4. The highest BCUT2D eigenvalue weighted by molar-refractivity contribution is 8.00. The van der Waals surface area contributed by atoms with Crippen molar-refractivity contribution in [2.24, 2.45) is 5.73 Å². The van der Waals surface area contributed by atoms with Crippen LogP contribution in [0.4, 0.5) is 0 Å². The molecular weight excluding hydrogens is 242 g/mol. The third-order valence-electron chi connectivity index (χ3n) is 1.87. The second-order valence-corrected chi connectivity index (χ2v) is 4.42. The van der Waals surface area contributed by atoms with E-state index in [1.165, 1.54) is 12.4 Å². The van der Waals surface area contributed by atoms with E-state index in [9.17, 15) is 4.79 Å². The van der Waals surface area contributed by atoms with Crippen LogP contribution in [0.3, 0.4) is 0 Å². The van der Waals surface area contributed by atoms with E-state index in [2.05, 4.69) is 20.2 Å². The third kappa shape index (κ3) is 2.78. The van der Waals surface area contributed by atoms with Crippen molar-refractivity contribution < 1.29 is 9.21 Å². The smallest absolute Gasteiger partial charge is 0.277 e. The van der Waals surface area contributed by atoms with Gasteiger partial charge in [0.05, 0.1) is 11.4 Å². The van der Waals surface area contributed by atoms with Crippen molar-refractivity contribution in [2.45, 2.75) is 17.4 Å². The lowest BCUT2D eigenvalue weighted by Crippen LogP contribution is -2.22. The van der Waals surface area contributed by atoms with Crippen LogP contribution < -0.4 is 5.73 Å². The Kier molecular flexibility index (Phi) is 3.33. The van der Waals surface area contributed by atoms with Crippen molar-refractivity contribution in [3.63, 3.8) is 0 Å². The Bertz CT molecular complexity index is 515. The SMILES string of the molecule is C[C@@H](Sc1nnc(-c2cnccn2)o1)C(N)=O. The summed E-state index contributed by atoms with van der Waals surface area (Å²) in [4.78, 5) is 18.8. The fourth-order valence-corrected chi connectivity index (χ4v) is 1.61. The molecule has 1 amide bonds. The van der Waals surface area contributed by atoms with E-state index in [1.54, 1.807) is 13.1 Å². The van der Waals surface area contributed by atoms with Crippen molar-refractivity contribution in [1.82, 2.24) is 20.2 Å². The maximum atomic E-state index is 10.9. The molecule has 0 aliphatic heterocycles. The van der Waals surface area contributed by atoms with Gasteiger partial charge >= 0.3 is 0 Å². The average molecular weight is 251 g/mol. The first-order chi connectivity index (χ1) is 8.16. The molecule has 2 heterocycles. The Morgan fingerprint density at radius 2 is 2.29 bits per heavy atom. The summed E-state index contributed by atoms with van der Waals surface area (Å²) in [6.07, 6.45) is 4.59. The lowest BCUT2D eigenvalue weighted by atomic mass is 10.4. The molecular formula is C9H9N5O2S. The summed E-state index contributed by atoms with van der Waals surface area (Å²) < 4.78 is 5.32. The number of carbonyl (C=O) groups is 1. The molecule has 2 N–H and O–H groups in total. The summed E-state index contributed by atoms with van der Waals surface area (Å²) in [5, 5.41) is 7.44. The van der Waals surface area contributed by atoms with Crippen LogP contribution in [-0.4, -0.2) is 31.3 Å². The predicted octanol–water partition coefficient (Wildman–Crippen LogP) is 0.492. The van der Waals surface area contributed by atoms with Crippen LogP contribution in [0.25, 0.3) is 11.6 Å². The molecule has 2 aromatic rings. The largest absolute Gasteiger partial charge is 0.410 e. The van der Waals surface area contributed by atoms with E-state index in [1.807, 2.05) is 0 Å². The van der Waals surface area contributed by atoms with Gasteiger partial charge in [-0.1, -0.05) is 11.8 Å². The zero-order valence-electron chi connectivity index (χ0n) is 8.90. The van der Waals surface area contributed by atoms with E-state index < -0.39 is 11.2 Å². The maximum Gasteiger partial charge on any atom is 0.277 e. The molecule has 0 spiro atoms.